The van der Waals surface area contributed by atoms with Crippen molar-refractivity contribution in [2.45, 2.75) is 47.1 Å². The van der Waals surface area contributed by atoms with E-state index in [0.29, 0.717) is 19.1 Å². The van der Waals surface area contributed by atoms with Gasteiger partial charge in [-0.2, -0.15) is 0 Å². The van der Waals surface area contributed by atoms with E-state index in [-0.39, 0.29) is 11.3 Å². The normalized spacial score (nSPS) is 24.4. The average molecular weight is 300 g/mol. The van der Waals surface area contributed by atoms with Crippen LogP contribution in [-0.2, 0) is 16.1 Å². The standard InChI is InChI=1S/C20H28O2/c1-5-17-11-15(2)19(20(3,4)18(17)12-21)14-22-13-16-9-7-6-8-10-16/h6-10,12,17-18H,5,11,13-14H2,1-4H3/t17-,18+/m0/s1. The monoisotopic (exact) mass is 300 g/mol. The van der Waals surface area contributed by atoms with E-state index in [0.717, 1.165) is 19.1 Å². The van der Waals surface area contributed by atoms with Crippen molar-refractivity contribution in [2.24, 2.45) is 17.3 Å². The van der Waals surface area contributed by atoms with Gasteiger partial charge in [-0.3, -0.25) is 0 Å². The second-order valence-corrected chi connectivity index (χ2v) is 6.99. The van der Waals surface area contributed by atoms with Crippen molar-refractivity contribution in [1.29, 1.82) is 0 Å². The van der Waals surface area contributed by atoms with Gasteiger partial charge in [-0.15, -0.1) is 0 Å². The summed E-state index contributed by atoms with van der Waals surface area (Å²) in [6.07, 6.45) is 3.24. The van der Waals surface area contributed by atoms with Gasteiger partial charge in [0.15, 0.2) is 0 Å². The molecule has 0 heterocycles. The fraction of sp³-hybridized carbons (Fsp3) is 0.550. The summed E-state index contributed by atoms with van der Waals surface area (Å²) < 4.78 is 5.95. The Balaban J connectivity index is 2.09. The van der Waals surface area contributed by atoms with E-state index in [9.17, 15) is 4.79 Å². The molecule has 0 bridgehead atoms. The first kappa shape index (κ1) is 17.0. The van der Waals surface area contributed by atoms with Gasteiger partial charge >= 0.3 is 0 Å². The van der Waals surface area contributed by atoms with Gasteiger partial charge in [-0.05, 0) is 35.8 Å². The Kier molecular flexibility index (Phi) is 5.57. The molecule has 0 aliphatic heterocycles. The molecule has 1 aromatic carbocycles. The first-order valence-corrected chi connectivity index (χ1v) is 8.26. The molecular weight excluding hydrogens is 272 g/mol. The highest BCUT2D eigenvalue weighted by molar-refractivity contribution is 5.58. The van der Waals surface area contributed by atoms with E-state index >= 15 is 0 Å². The van der Waals surface area contributed by atoms with Crippen LogP contribution in [0.2, 0.25) is 0 Å². The van der Waals surface area contributed by atoms with E-state index in [4.69, 9.17) is 4.74 Å². The first-order chi connectivity index (χ1) is 10.5. The van der Waals surface area contributed by atoms with Crippen LogP contribution in [0.25, 0.3) is 0 Å². The number of hydrogen-bond donors (Lipinski definition) is 0. The lowest BCUT2D eigenvalue weighted by atomic mass is 9.61. The molecule has 1 aliphatic rings. The molecule has 2 nitrogen and oxygen atoms in total. The molecule has 0 saturated heterocycles. The van der Waals surface area contributed by atoms with Crippen molar-refractivity contribution in [1.82, 2.24) is 0 Å². The van der Waals surface area contributed by atoms with Crippen molar-refractivity contribution >= 4 is 6.29 Å². The predicted molar refractivity (Wildman–Crippen MR) is 90.5 cm³/mol. The highest BCUT2D eigenvalue weighted by Gasteiger charge is 2.42. The molecule has 0 spiro atoms. The minimum absolute atomic E-state index is 0.0940. The van der Waals surface area contributed by atoms with Crippen LogP contribution in [0.1, 0.15) is 46.1 Å². The van der Waals surface area contributed by atoms with Gasteiger partial charge in [-0.25, -0.2) is 0 Å². The van der Waals surface area contributed by atoms with Gasteiger partial charge in [0.2, 0.25) is 0 Å². The van der Waals surface area contributed by atoms with Crippen LogP contribution < -0.4 is 0 Å². The fourth-order valence-corrected chi connectivity index (χ4v) is 3.82. The fourth-order valence-electron chi connectivity index (χ4n) is 3.82. The summed E-state index contributed by atoms with van der Waals surface area (Å²) in [6, 6.07) is 10.2. The summed E-state index contributed by atoms with van der Waals surface area (Å²) in [6.45, 7) is 10.0. The summed E-state index contributed by atoms with van der Waals surface area (Å²) >= 11 is 0. The van der Waals surface area contributed by atoms with Gasteiger partial charge in [0, 0.05) is 5.92 Å². The van der Waals surface area contributed by atoms with Gasteiger partial charge < -0.3 is 9.53 Å². The van der Waals surface area contributed by atoms with Crippen molar-refractivity contribution < 1.29 is 9.53 Å². The quantitative estimate of drug-likeness (QED) is 0.557. The lowest BCUT2D eigenvalue weighted by Gasteiger charge is -2.43. The number of rotatable bonds is 6. The smallest absolute Gasteiger partial charge is 0.124 e. The molecular formula is C20H28O2. The summed E-state index contributed by atoms with van der Waals surface area (Å²) in [5.41, 5.74) is 3.79. The van der Waals surface area contributed by atoms with Crippen molar-refractivity contribution in [3.05, 3.63) is 47.0 Å². The zero-order valence-corrected chi connectivity index (χ0v) is 14.3. The molecule has 0 radical (unpaired) electrons. The Morgan fingerprint density at radius 2 is 1.91 bits per heavy atom. The largest absolute Gasteiger partial charge is 0.372 e. The first-order valence-electron chi connectivity index (χ1n) is 8.26. The van der Waals surface area contributed by atoms with Crippen LogP contribution in [0.3, 0.4) is 0 Å². The van der Waals surface area contributed by atoms with Crippen LogP contribution in [0.5, 0.6) is 0 Å². The number of allylic oxidation sites excluding steroid dienone is 1. The molecule has 2 rings (SSSR count). The molecule has 2 atom stereocenters. The maximum absolute atomic E-state index is 11.6. The summed E-state index contributed by atoms with van der Waals surface area (Å²) in [5.74, 6) is 0.557. The number of carbonyl (C=O) groups is 1. The minimum atomic E-state index is -0.110. The van der Waals surface area contributed by atoms with Crippen LogP contribution in [-0.4, -0.2) is 12.9 Å². The van der Waals surface area contributed by atoms with E-state index in [1.807, 2.05) is 18.2 Å². The third kappa shape index (κ3) is 3.49. The van der Waals surface area contributed by atoms with E-state index in [1.54, 1.807) is 0 Å². The van der Waals surface area contributed by atoms with Crippen LogP contribution in [0.4, 0.5) is 0 Å². The summed E-state index contributed by atoms with van der Waals surface area (Å²) in [7, 11) is 0. The van der Waals surface area contributed by atoms with Crippen molar-refractivity contribution in [2.75, 3.05) is 6.61 Å². The SMILES string of the molecule is CC[C@H]1CC(C)=C(COCc2ccccc2)C(C)(C)[C@@H]1C=O. The summed E-state index contributed by atoms with van der Waals surface area (Å²) in [4.78, 5) is 11.6. The number of hydrogen-bond acceptors (Lipinski definition) is 2. The maximum atomic E-state index is 11.6. The third-order valence-corrected chi connectivity index (χ3v) is 5.23. The van der Waals surface area contributed by atoms with E-state index in [2.05, 4.69) is 39.8 Å². The summed E-state index contributed by atoms with van der Waals surface area (Å²) in [5, 5.41) is 0. The maximum Gasteiger partial charge on any atom is 0.124 e. The van der Waals surface area contributed by atoms with Crippen LogP contribution in [0, 0.1) is 17.3 Å². The highest BCUT2D eigenvalue weighted by Crippen LogP contribution is 2.47. The van der Waals surface area contributed by atoms with E-state index < -0.39 is 0 Å². The van der Waals surface area contributed by atoms with Gasteiger partial charge in [0.25, 0.3) is 0 Å². The molecule has 120 valence electrons. The molecule has 22 heavy (non-hydrogen) atoms. The van der Waals surface area contributed by atoms with Gasteiger partial charge in [0.1, 0.15) is 6.29 Å². The molecule has 0 aromatic heterocycles. The molecule has 0 saturated carbocycles. The lowest BCUT2D eigenvalue weighted by molar-refractivity contribution is -0.116. The number of ether oxygens (including phenoxy) is 1. The molecule has 1 aliphatic carbocycles. The average Bonchev–Trinajstić information content (AvgIpc) is 2.50. The lowest BCUT2D eigenvalue weighted by Crippen LogP contribution is -2.39. The Morgan fingerprint density at radius 3 is 2.50 bits per heavy atom. The third-order valence-electron chi connectivity index (χ3n) is 5.23. The van der Waals surface area contributed by atoms with Crippen molar-refractivity contribution in [3.63, 3.8) is 0 Å². The number of benzene rings is 1. The molecule has 0 N–H and O–H groups in total. The Morgan fingerprint density at radius 1 is 1.23 bits per heavy atom. The second kappa shape index (κ2) is 7.23. The Bertz CT molecular complexity index is 528. The van der Waals surface area contributed by atoms with Crippen molar-refractivity contribution in [3.8, 4) is 0 Å². The zero-order chi connectivity index (χ0) is 16.2. The molecule has 2 heteroatoms. The predicted octanol–water partition coefficient (Wildman–Crippen LogP) is 4.79. The number of aldehydes is 1. The molecule has 0 fully saturated rings. The highest BCUT2D eigenvalue weighted by atomic mass is 16.5. The van der Waals surface area contributed by atoms with Crippen LogP contribution >= 0.6 is 0 Å². The Hall–Kier alpha value is -1.41. The van der Waals surface area contributed by atoms with Gasteiger partial charge in [0.05, 0.1) is 13.2 Å². The molecule has 0 unspecified atom stereocenters. The van der Waals surface area contributed by atoms with Crippen LogP contribution in [0.15, 0.2) is 41.5 Å². The topological polar surface area (TPSA) is 26.3 Å². The minimum Gasteiger partial charge on any atom is -0.372 e. The second-order valence-electron chi connectivity index (χ2n) is 6.99. The zero-order valence-electron chi connectivity index (χ0n) is 14.3. The Labute approximate surface area is 134 Å². The van der Waals surface area contributed by atoms with E-state index in [1.165, 1.54) is 16.7 Å². The number of carbonyl (C=O) groups excluding carboxylic acids is 1. The molecule has 1 aromatic rings. The molecule has 0 amide bonds. The van der Waals surface area contributed by atoms with Gasteiger partial charge in [-0.1, -0.05) is 63.1 Å².